The zero-order valence-electron chi connectivity index (χ0n) is 11.3. The molecule has 0 amide bonds. The highest BCUT2D eigenvalue weighted by atomic mass is 16.5. The van der Waals surface area contributed by atoms with E-state index in [-0.39, 0.29) is 6.61 Å². The lowest BCUT2D eigenvalue weighted by Gasteiger charge is -2.30. The normalized spacial score (nSPS) is 21.7. The Hall–Kier alpha value is -0.940. The van der Waals surface area contributed by atoms with E-state index >= 15 is 0 Å². The molecule has 0 aliphatic carbocycles. The third kappa shape index (κ3) is 3.78. The van der Waals surface area contributed by atoms with Gasteiger partial charge < -0.3 is 9.63 Å². The monoisotopic (exact) mass is 253 g/mol. The molecule has 0 bridgehead atoms. The van der Waals surface area contributed by atoms with E-state index in [0.29, 0.717) is 24.3 Å². The van der Waals surface area contributed by atoms with Crippen LogP contribution >= 0.6 is 0 Å². The number of hydrogen-bond acceptors (Lipinski definition) is 5. The first-order valence-electron chi connectivity index (χ1n) is 6.82. The second-order valence-electron chi connectivity index (χ2n) is 5.63. The summed E-state index contributed by atoms with van der Waals surface area (Å²) in [5.74, 6) is 2.45. The summed E-state index contributed by atoms with van der Waals surface area (Å²) >= 11 is 0. The lowest BCUT2D eigenvalue weighted by Crippen LogP contribution is -2.36. The number of hydrogen-bond donors (Lipinski definition) is 1. The van der Waals surface area contributed by atoms with Crippen LogP contribution in [0, 0.1) is 11.8 Å². The Labute approximate surface area is 108 Å². The van der Waals surface area contributed by atoms with Gasteiger partial charge in [-0.3, -0.25) is 4.90 Å². The Morgan fingerprint density at radius 3 is 3.06 bits per heavy atom. The van der Waals surface area contributed by atoms with Gasteiger partial charge in [-0.05, 0) is 31.2 Å². The van der Waals surface area contributed by atoms with Gasteiger partial charge in [0.15, 0.2) is 5.82 Å². The number of likely N-dealkylation sites (tertiary alicyclic amines) is 1. The third-order valence-electron chi connectivity index (χ3n) is 3.32. The fraction of sp³-hybridized carbons (Fsp3) is 0.846. The van der Waals surface area contributed by atoms with Gasteiger partial charge in [-0.25, -0.2) is 0 Å². The highest BCUT2D eigenvalue weighted by Crippen LogP contribution is 2.17. The molecule has 0 spiro atoms. The second-order valence-corrected chi connectivity index (χ2v) is 5.63. The maximum atomic E-state index is 9.20. The molecule has 102 valence electrons. The average Bonchev–Trinajstić information content (AvgIpc) is 2.76. The Morgan fingerprint density at radius 2 is 2.33 bits per heavy atom. The van der Waals surface area contributed by atoms with Crippen molar-refractivity contribution < 1.29 is 9.63 Å². The molecule has 1 aliphatic heterocycles. The zero-order chi connectivity index (χ0) is 13.0. The molecule has 1 unspecified atom stereocenters. The number of piperidine rings is 1. The van der Waals surface area contributed by atoms with Crippen molar-refractivity contribution in [1.82, 2.24) is 15.0 Å². The average molecular weight is 253 g/mol. The van der Waals surface area contributed by atoms with E-state index in [1.54, 1.807) is 0 Å². The van der Waals surface area contributed by atoms with E-state index < -0.39 is 0 Å². The van der Waals surface area contributed by atoms with Crippen LogP contribution in [-0.2, 0) is 13.0 Å². The molecule has 2 heterocycles. The molecule has 5 nitrogen and oxygen atoms in total. The van der Waals surface area contributed by atoms with E-state index in [9.17, 15) is 5.11 Å². The molecular weight excluding hydrogens is 230 g/mol. The van der Waals surface area contributed by atoms with E-state index in [1.807, 2.05) is 0 Å². The predicted octanol–water partition coefficient (Wildman–Crippen LogP) is 1.47. The summed E-state index contributed by atoms with van der Waals surface area (Å²) < 4.78 is 5.27. The molecule has 1 saturated heterocycles. The van der Waals surface area contributed by atoms with E-state index in [1.165, 1.54) is 0 Å². The predicted molar refractivity (Wildman–Crippen MR) is 67.9 cm³/mol. The number of rotatable bonds is 5. The fourth-order valence-corrected chi connectivity index (χ4v) is 2.44. The fourth-order valence-electron chi connectivity index (χ4n) is 2.44. The molecule has 1 atom stereocenters. The summed E-state index contributed by atoms with van der Waals surface area (Å²) in [6, 6.07) is 0. The quantitative estimate of drug-likeness (QED) is 0.861. The van der Waals surface area contributed by atoms with Crippen LogP contribution in [0.2, 0.25) is 0 Å². The first kappa shape index (κ1) is 13.5. The number of aliphatic hydroxyl groups is 1. The first-order chi connectivity index (χ1) is 8.67. The summed E-state index contributed by atoms with van der Waals surface area (Å²) in [7, 11) is 0. The molecule has 1 N–H and O–H groups in total. The van der Waals surface area contributed by atoms with Gasteiger partial charge in [0.05, 0.1) is 6.54 Å². The summed E-state index contributed by atoms with van der Waals surface area (Å²) in [5.41, 5.74) is 0. The van der Waals surface area contributed by atoms with Crippen molar-refractivity contribution in [2.45, 2.75) is 39.7 Å². The smallest absolute Gasteiger partial charge is 0.240 e. The minimum atomic E-state index is 0.277. The molecule has 18 heavy (non-hydrogen) atoms. The van der Waals surface area contributed by atoms with Crippen LogP contribution < -0.4 is 0 Å². The summed E-state index contributed by atoms with van der Waals surface area (Å²) in [4.78, 5) is 6.70. The van der Waals surface area contributed by atoms with Crippen LogP contribution in [0.4, 0.5) is 0 Å². The first-order valence-corrected chi connectivity index (χ1v) is 6.82. The van der Waals surface area contributed by atoms with Gasteiger partial charge in [0.2, 0.25) is 5.89 Å². The van der Waals surface area contributed by atoms with Crippen LogP contribution in [0.5, 0.6) is 0 Å². The van der Waals surface area contributed by atoms with Gasteiger partial charge in [0, 0.05) is 19.6 Å². The number of nitrogens with zero attached hydrogens (tertiary/aromatic N) is 3. The molecule has 0 radical (unpaired) electrons. The van der Waals surface area contributed by atoms with Crippen molar-refractivity contribution in [1.29, 1.82) is 0 Å². The molecule has 0 aromatic carbocycles. The minimum Gasteiger partial charge on any atom is -0.396 e. The molecule has 1 aromatic rings. The van der Waals surface area contributed by atoms with E-state index in [2.05, 4.69) is 28.9 Å². The van der Waals surface area contributed by atoms with Crippen molar-refractivity contribution in [3.05, 3.63) is 11.7 Å². The molecule has 1 aliphatic rings. The van der Waals surface area contributed by atoms with Crippen LogP contribution in [0.15, 0.2) is 4.52 Å². The van der Waals surface area contributed by atoms with Gasteiger partial charge in [-0.15, -0.1) is 0 Å². The van der Waals surface area contributed by atoms with Crippen molar-refractivity contribution in [3.8, 4) is 0 Å². The SMILES string of the molecule is CC(C)Cc1noc(CN2CCCC(CO)C2)n1. The third-order valence-corrected chi connectivity index (χ3v) is 3.32. The summed E-state index contributed by atoms with van der Waals surface area (Å²) in [6.45, 7) is 7.26. The van der Waals surface area contributed by atoms with Gasteiger partial charge in [-0.2, -0.15) is 4.98 Å². The van der Waals surface area contributed by atoms with Gasteiger partial charge in [0.1, 0.15) is 0 Å². The highest BCUT2D eigenvalue weighted by molar-refractivity contribution is 4.88. The number of aromatic nitrogens is 2. The van der Waals surface area contributed by atoms with Crippen LogP contribution in [0.3, 0.4) is 0 Å². The van der Waals surface area contributed by atoms with Crippen LogP contribution in [-0.4, -0.2) is 39.8 Å². The van der Waals surface area contributed by atoms with Gasteiger partial charge in [-0.1, -0.05) is 19.0 Å². The minimum absolute atomic E-state index is 0.277. The zero-order valence-corrected chi connectivity index (χ0v) is 11.3. The largest absolute Gasteiger partial charge is 0.396 e. The molecule has 5 heteroatoms. The van der Waals surface area contributed by atoms with Crippen molar-refractivity contribution >= 4 is 0 Å². The standard InChI is InChI=1S/C13H23N3O2/c1-10(2)6-12-14-13(18-15-12)8-16-5-3-4-11(7-16)9-17/h10-11,17H,3-9H2,1-2H3. The Kier molecular flexibility index (Phi) is 4.72. The highest BCUT2D eigenvalue weighted by Gasteiger charge is 2.21. The maximum Gasteiger partial charge on any atom is 0.240 e. The molecule has 1 fully saturated rings. The van der Waals surface area contributed by atoms with E-state index in [0.717, 1.165) is 38.2 Å². The molecule has 0 saturated carbocycles. The summed E-state index contributed by atoms with van der Waals surface area (Å²) in [5, 5.41) is 13.2. The van der Waals surface area contributed by atoms with Gasteiger partial charge in [0.25, 0.3) is 0 Å². The lowest BCUT2D eigenvalue weighted by molar-refractivity contribution is 0.107. The number of aliphatic hydroxyl groups excluding tert-OH is 1. The maximum absolute atomic E-state index is 9.20. The van der Waals surface area contributed by atoms with Crippen LogP contribution in [0.25, 0.3) is 0 Å². The molecule has 2 rings (SSSR count). The molecular formula is C13H23N3O2. The Balaban J connectivity index is 1.86. The van der Waals surface area contributed by atoms with Crippen molar-refractivity contribution in [2.24, 2.45) is 11.8 Å². The van der Waals surface area contributed by atoms with Crippen molar-refractivity contribution in [3.63, 3.8) is 0 Å². The second kappa shape index (κ2) is 6.29. The summed E-state index contributed by atoms with van der Waals surface area (Å²) in [6.07, 6.45) is 3.12. The lowest BCUT2D eigenvalue weighted by atomic mass is 9.99. The van der Waals surface area contributed by atoms with Crippen LogP contribution in [0.1, 0.15) is 38.4 Å². The Bertz CT molecular complexity index is 365. The Morgan fingerprint density at radius 1 is 1.50 bits per heavy atom. The van der Waals surface area contributed by atoms with Gasteiger partial charge >= 0.3 is 0 Å². The van der Waals surface area contributed by atoms with E-state index in [4.69, 9.17) is 4.52 Å². The topological polar surface area (TPSA) is 62.4 Å². The molecule has 1 aromatic heterocycles. The van der Waals surface area contributed by atoms with Crippen molar-refractivity contribution in [2.75, 3.05) is 19.7 Å².